The molecular formula is C11H11INO3. The highest BCUT2D eigenvalue weighted by Crippen LogP contribution is 2.21. The molecule has 1 aromatic rings. The Balaban J connectivity index is 2.77. The highest BCUT2D eigenvalue weighted by atomic mass is 127. The van der Waals surface area contributed by atoms with Gasteiger partial charge in [-0.3, -0.25) is 12.7 Å². The van der Waals surface area contributed by atoms with Crippen molar-refractivity contribution in [1.82, 2.24) is 3.11 Å². The van der Waals surface area contributed by atoms with Crippen LogP contribution in [0.3, 0.4) is 0 Å². The lowest BCUT2D eigenvalue weighted by Crippen LogP contribution is -2.27. The van der Waals surface area contributed by atoms with Crippen molar-refractivity contribution >= 4 is 35.1 Å². The average Bonchev–Trinajstić information content (AvgIpc) is 2.28. The Kier molecular flexibility index (Phi) is 4.72. The Morgan fingerprint density at radius 2 is 2.06 bits per heavy atom. The third-order valence-corrected chi connectivity index (χ3v) is 3.02. The normalized spacial score (nSPS) is 11.9. The molecule has 5 heteroatoms. The molecule has 1 aromatic carbocycles. The quantitative estimate of drug-likeness (QED) is 0.676. The van der Waals surface area contributed by atoms with Gasteiger partial charge < -0.3 is 5.11 Å². The summed E-state index contributed by atoms with van der Waals surface area (Å²) >= 11 is 1.79. The number of rotatable bonds is 4. The fraction of sp³-hybridized carbons (Fsp3) is 0.273. The first-order chi connectivity index (χ1) is 7.56. The molecule has 0 heterocycles. The summed E-state index contributed by atoms with van der Waals surface area (Å²) in [5, 5.41) is 9.12. The molecule has 0 fully saturated rings. The summed E-state index contributed by atoms with van der Waals surface area (Å²) in [4.78, 5) is 22.0. The third-order valence-electron chi connectivity index (χ3n) is 2.21. The molecule has 1 atom stereocenters. The number of phenols is 1. The van der Waals surface area contributed by atoms with Crippen molar-refractivity contribution in [3.63, 3.8) is 0 Å². The van der Waals surface area contributed by atoms with Crippen LogP contribution >= 0.6 is 22.9 Å². The third kappa shape index (κ3) is 3.19. The van der Waals surface area contributed by atoms with Crippen LogP contribution < -0.4 is 0 Å². The first-order valence-corrected chi connectivity index (χ1v) is 5.64. The average molecular weight is 332 g/mol. The second-order valence-corrected chi connectivity index (χ2v) is 4.48. The molecule has 4 nitrogen and oxygen atoms in total. The van der Waals surface area contributed by atoms with Crippen LogP contribution in [0.4, 0.5) is 0 Å². The predicted octanol–water partition coefficient (Wildman–Crippen LogP) is 1.78. The lowest BCUT2D eigenvalue weighted by atomic mass is 10.0. The smallest absolute Gasteiger partial charge is 0.238 e. The monoisotopic (exact) mass is 332 g/mol. The Labute approximate surface area is 108 Å². The maximum atomic E-state index is 11.8. The molecule has 0 saturated carbocycles. The topological polar surface area (TPSA) is 57.6 Å². The van der Waals surface area contributed by atoms with Crippen molar-refractivity contribution in [3.8, 4) is 5.75 Å². The number of amides is 1. The Morgan fingerprint density at radius 1 is 1.50 bits per heavy atom. The Bertz CT molecular complexity index is 377. The lowest BCUT2D eigenvalue weighted by molar-refractivity contribution is -0.125. The van der Waals surface area contributed by atoms with Gasteiger partial charge in [-0.25, -0.2) is 0 Å². The minimum Gasteiger partial charge on any atom is -0.508 e. The van der Waals surface area contributed by atoms with E-state index in [-0.39, 0.29) is 24.1 Å². The first kappa shape index (κ1) is 13.0. The van der Waals surface area contributed by atoms with Gasteiger partial charge in [-0.15, -0.1) is 0 Å². The van der Waals surface area contributed by atoms with Gasteiger partial charge in [-0.2, -0.15) is 0 Å². The summed E-state index contributed by atoms with van der Waals surface area (Å²) in [6.45, 7) is 1.72. The number of phenolic OH excluding ortho intramolecular Hbond substituents is 1. The molecule has 0 aliphatic rings. The van der Waals surface area contributed by atoms with Crippen molar-refractivity contribution in [3.05, 3.63) is 29.8 Å². The number of carbonyl (C=O) groups excluding carboxylic acids is 2. The van der Waals surface area contributed by atoms with Gasteiger partial charge in [0.15, 0.2) is 0 Å². The summed E-state index contributed by atoms with van der Waals surface area (Å²) < 4.78 is 1.29. The van der Waals surface area contributed by atoms with Gasteiger partial charge in [0.2, 0.25) is 12.2 Å². The molecule has 0 bridgehead atoms. The largest absolute Gasteiger partial charge is 0.508 e. The molecule has 0 saturated heterocycles. The molecule has 1 unspecified atom stereocenters. The van der Waals surface area contributed by atoms with Crippen LogP contribution in [0.15, 0.2) is 24.3 Å². The standard InChI is InChI=1S/C11H11INO3/c1-8(11(16)13(12)6-7-14)9-2-4-10(15)5-3-9/h2-5,8,15H,6H2,1H3. The van der Waals surface area contributed by atoms with Crippen LogP contribution in [0.1, 0.15) is 18.4 Å². The molecule has 1 rings (SSSR count). The zero-order valence-electron chi connectivity index (χ0n) is 8.68. The molecule has 1 N–H and O–H groups in total. The number of carbonyl (C=O) groups is 1. The van der Waals surface area contributed by atoms with E-state index in [0.29, 0.717) is 0 Å². The number of hydrogen-bond acceptors (Lipinski definition) is 3. The van der Waals surface area contributed by atoms with Gasteiger partial charge in [0.1, 0.15) is 5.75 Å². The molecule has 0 aliphatic carbocycles. The van der Waals surface area contributed by atoms with Crippen molar-refractivity contribution in [2.75, 3.05) is 6.54 Å². The Hall–Kier alpha value is -1.11. The van der Waals surface area contributed by atoms with Gasteiger partial charge in [0.05, 0.1) is 35.3 Å². The molecule has 0 aliphatic heterocycles. The van der Waals surface area contributed by atoms with Crippen LogP contribution in [0.5, 0.6) is 5.75 Å². The molecule has 1 amide bonds. The van der Waals surface area contributed by atoms with E-state index in [2.05, 4.69) is 0 Å². The highest BCUT2D eigenvalue weighted by Gasteiger charge is 2.20. The molecular weight excluding hydrogens is 321 g/mol. The van der Waals surface area contributed by atoms with Crippen molar-refractivity contribution < 1.29 is 14.7 Å². The van der Waals surface area contributed by atoms with E-state index in [1.165, 1.54) is 15.2 Å². The molecule has 16 heavy (non-hydrogen) atoms. The number of halogens is 1. The van der Waals surface area contributed by atoms with E-state index < -0.39 is 0 Å². The zero-order valence-corrected chi connectivity index (χ0v) is 10.8. The second kappa shape index (κ2) is 5.83. The van der Waals surface area contributed by atoms with Gasteiger partial charge in [-0.05, 0) is 24.6 Å². The highest BCUT2D eigenvalue weighted by molar-refractivity contribution is 14.1. The number of aromatic hydroxyl groups is 1. The minimum atomic E-state index is -0.342. The fourth-order valence-electron chi connectivity index (χ4n) is 1.25. The van der Waals surface area contributed by atoms with Gasteiger partial charge in [0.25, 0.3) is 0 Å². The van der Waals surface area contributed by atoms with E-state index in [1.54, 1.807) is 48.2 Å². The van der Waals surface area contributed by atoms with Gasteiger partial charge in [-0.1, -0.05) is 12.1 Å². The van der Waals surface area contributed by atoms with Crippen molar-refractivity contribution in [2.45, 2.75) is 12.8 Å². The van der Waals surface area contributed by atoms with Crippen molar-refractivity contribution in [2.24, 2.45) is 0 Å². The lowest BCUT2D eigenvalue weighted by Gasteiger charge is -2.17. The van der Waals surface area contributed by atoms with E-state index >= 15 is 0 Å². The first-order valence-electron chi connectivity index (χ1n) is 4.67. The van der Waals surface area contributed by atoms with Crippen LogP contribution in [0.2, 0.25) is 0 Å². The van der Waals surface area contributed by atoms with Crippen LogP contribution in [-0.2, 0) is 9.59 Å². The maximum Gasteiger partial charge on any atom is 0.238 e. The van der Waals surface area contributed by atoms with E-state index in [0.717, 1.165) is 5.56 Å². The SMILES string of the molecule is CC(C(=O)N(I)C[C]=O)c1ccc(O)cc1. The van der Waals surface area contributed by atoms with E-state index in [1.807, 2.05) is 0 Å². The molecule has 1 radical (unpaired) electrons. The van der Waals surface area contributed by atoms with Gasteiger partial charge >= 0.3 is 0 Å². The maximum absolute atomic E-state index is 11.8. The second-order valence-electron chi connectivity index (χ2n) is 3.32. The minimum absolute atomic E-state index is 0.0399. The fourth-order valence-corrected chi connectivity index (χ4v) is 1.81. The summed E-state index contributed by atoms with van der Waals surface area (Å²) in [5.41, 5.74) is 0.801. The van der Waals surface area contributed by atoms with Crippen LogP contribution in [0, 0.1) is 0 Å². The van der Waals surface area contributed by atoms with Crippen molar-refractivity contribution in [1.29, 1.82) is 0 Å². The van der Waals surface area contributed by atoms with Crippen LogP contribution in [0.25, 0.3) is 0 Å². The number of nitrogens with zero attached hydrogens (tertiary/aromatic N) is 1. The molecule has 0 aromatic heterocycles. The summed E-state index contributed by atoms with van der Waals surface area (Å²) in [7, 11) is 0. The van der Waals surface area contributed by atoms with Crippen LogP contribution in [-0.4, -0.2) is 27.0 Å². The molecule has 85 valence electrons. The summed E-state index contributed by atoms with van der Waals surface area (Å²) in [6, 6.07) is 6.44. The zero-order chi connectivity index (χ0) is 12.1. The summed E-state index contributed by atoms with van der Waals surface area (Å²) in [6.07, 6.45) is 1.67. The van der Waals surface area contributed by atoms with Gasteiger partial charge in [0, 0.05) is 0 Å². The number of benzene rings is 1. The summed E-state index contributed by atoms with van der Waals surface area (Å²) in [5.74, 6) is -0.337. The predicted molar refractivity (Wildman–Crippen MR) is 67.9 cm³/mol. The molecule has 0 spiro atoms. The van der Waals surface area contributed by atoms with E-state index in [9.17, 15) is 9.59 Å². The Morgan fingerprint density at radius 3 is 2.56 bits per heavy atom. The number of hydrogen-bond donors (Lipinski definition) is 1. The van der Waals surface area contributed by atoms with E-state index in [4.69, 9.17) is 5.11 Å².